The number of fused-ring (bicyclic) bond motifs is 1. The molecule has 11 heteroatoms. The number of allylic oxidation sites excluding steroid dienone is 3. The summed E-state index contributed by atoms with van der Waals surface area (Å²) in [7, 11) is 3.11. The molecule has 1 aromatic rings. The molecule has 37 heavy (non-hydrogen) atoms. The Labute approximate surface area is 218 Å². The largest absolute Gasteiger partial charge is 0.488 e. The van der Waals surface area contributed by atoms with Gasteiger partial charge in [0.1, 0.15) is 11.6 Å². The maximum absolute atomic E-state index is 14.2. The van der Waals surface area contributed by atoms with E-state index in [2.05, 4.69) is 5.32 Å². The molecule has 1 aromatic carbocycles. The van der Waals surface area contributed by atoms with Gasteiger partial charge in [-0.1, -0.05) is 0 Å². The van der Waals surface area contributed by atoms with Crippen molar-refractivity contribution in [2.45, 2.75) is 56.6 Å². The predicted molar refractivity (Wildman–Crippen MR) is 143 cm³/mol. The Kier molecular flexibility index (Phi) is 8.05. The minimum atomic E-state index is -1.15. The van der Waals surface area contributed by atoms with Gasteiger partial charge >= 0.3 is 6.09 Å². The van der Waals surface area contributed by atoms with Crippen LogP contribution in [0.4, 0.5) is 14.9 Å². The summed E-state index contributed by atoms with van der Waals surface area (Å²) < 4.78 is 20.4. The fraction of sp³-hybridized carbons (Fsp3) is 0.423. The second kappa shape index (κ2) is 11.1. The van der Waals surface area contributed by atoms with Gasteiger partial charge in [0.25, 0.3) is 0 Å². The van der Waals surface area contributed by atoms with Gasteiger partial charge in [-0.3, -0.25) is 14.6 Å². The van der Waals surface area contributed by atoms with Gasteiger partial charge in [0.05, 0.1) is 35.4 Å². The summed E-state index contributed by atoms with van der Waals surface area (Å²) in [5.74, 6) is -0.567. The van der Waals surface area contributed by atoms with E-state index in [1.165, 1.54) is 12.1 Å². The van der Waals surface area contributed by atoms with Crippen molar-refractivity contribution in [3.8, 4) is 5.75 Å². The van der Waals surface area contributed by atoms with Crippen molar-refractivity contribution < 1.29 is 28.9 Å². The second-order valence-corrected chi connectivity index (χ2v) is 11.6. The van der Waals surface area contributed by atoms with E-state index in [0.717, 1.165) is 15.4 Å². The number of nitrogens with one attached hydrogen (secondary N) is 1. The molecule has 3 aliphatic rings. The molecule has 2 heterocycles. The van der Waals surface area contributed by atoms with E-state index in [-0.39, 0.29) is 24.0 Å². The van der Waals surface area contributed by atoms with Gasteiger partial charge in [-0.2, -0.15) is 0 Å². The molecule has 1 fully saturated rings. The Morgan fingerprint density at radius 3 is 2.62 bits per heavy atom. The van der Waals surface area contributed by atoms with Crippen LogP contribution in [0.15, 0.2) is 52.3 Å². The Morgan fingerprint density at radius 2 is 2.00 bits per heavy atom. The van der Waals surface area contributed by atoms with Crippen molar-refractivity contribution >= 4 is 33.5 Å². The zero-order valence-electron chi connectivity index (χ0n) is 21.1. The highest BCUT2D eigenvalue weighted by Gasteiger charge is 2.34. The number of aliphatic hydroxyl groups excluding tert-OH is 1. The van der Waals surface area contributed by atoms with Crippen molar-refractivity contribution in [3.63, 3.8) is 0 Å². The van der Waals surface area contributed by atoms with Crippen LogP contribution in [0.5, 0.6) is 5.75 Å². The molecule has 0 bridgehead atoms. The van der Waals surface area contributed by atoms with Gasteiger partial charge in [0.15, 0.2) is 0 Å². The maximum atomic E-state index is 14.2. The van der Waals surface area contributed by atoms with E-state index in [0.29, 0.717) is 48.5 Å². The normalized spacial score (nSPS) is 24.2. The molecule has 2 atom stereocenters. The van der Waals surface area contributed by atoms with Crippen LogP contribution in [0.2, 0.25) is 0 Å². The van der Waals surface area contributed by atoms with E-state index >= 15 is 0 Å². The molecule has 9 nitrogen and oxygen atoms in total. The van der Waals surface area contributed by atoms with Crippen molar-refractivity contribution in [2.75, 3.05) is 19.4 Å². The molecule has 2 amide bonds. The molecule has 5 N–H and O–H groups in total. The van der Waals surface area contributed by atoms with Crippen LogP contribution in [0.25, 0.3) is 0 Å². The highest BCUT2D eigenvalue weighted by Crippen LogP contribution is 2.48. The minimum absolute atomic E-state index is 0.121. The highest BCUT2D eigenvalue weighted by molar-refractivity contribution is 8.19. The molecule has 0 aromatic heterocycles. The number of anilines is 1. The van der Waals surface area contributed by atoms with Gasteiger partial charge in [-0.15, -0.1) is 10.5 Å². The van der Waals surface area contributed by atoms with Gasteiger partial charge in [0, 0.05) is 28.4 Å². The summed E-state index contributed by atoms with van der Waals surface area (Å²) in [5, 5.41) is 24.8. The Bertz CT molecular complexity index is 1220. The first-order valence-corrected chi connectivity index (χ1v) is 13.5. The molecule has 200 valence electrons. The number of carboxylic acid groups (broad SMARTS) is 1. The number of benzene rings is 1. The molecule has 0 saturated heterocycles. The third-order valence-electron chi connectivity index (χ3n) is 6.73. The highest BCUT2D eigenvalue weighted by atomic mass is 32.2. The number of carbonyl (C=O) groups is 2. The second-order valence-electron chi connectivity index (χ2n) is 9.60. The van der Waals surface area contributed by atoms with Gasteiger partial charge in [-0.25, -0.2) is 9.18 Å². The standard InChI is InChI=1S/C26H33FN4O5S/c1-15-25(29-20-9-4-16(27)12-21(20)36-18-7-5-17(32)6-8-18)19-10-11-37(22(19)14-31(15)26(34)35)24(30(2)3)13-23(28)33/h4,9-12,14,17-18,24,29,32H,5-8,13H2,1-3H3,(H2,28,33)(H,34,35). The molecule has 1 aliphatic carbocycles. The quantitative estimate of drug-likeness (QED) is 0.375. The van der Waals surface area contributed by atoms with Crippen LogP contribution >= 0.6 is 10.5 Å². The molecule has 4 rings (SSSR count). The molecule has 2 unspecified atom stereocenters. The number of carbonyl (C=O) groups excluding carboxylic acids is 1. The van der Waals surface area contributed by atoms with Crippen LogP contribution in [0.1, 0.15) is 39.0 Å². The third kappa shape index (κ3) is 5.89. The average molecular weight is 533 g/mol. The number of ether oxygens (including phenoxy) is 1. The number of rotatable bonds is 8. The van der Waals surface area contributed by atoms with Crippen molar-refractivity contribution in [1.29, 1.82) is 0 Å². The van der Waals surface area contributed by atoms with Gasteiger partial charge in [-0.05, 0) is 70.3 Å². The number of hydrogen-bond acceptors (Lipinski definition) is 6. The van der Waals surface area contributed by atoms with E-state index in [9.17, 15) is 24.2 Å². The monoisotopic (exact) mass is 532 g/mol. The topological polar surface area (TPSA) is 128 Å². The zero-order valence-corrected chi connectivity index (χ0v) is 21.9. The Balaban J connectivity index is 1.67. The van der Waals surface area contributed by atoms with Gasteiger partial charge < -0.3 is 26.0 Å². The van der Waals surface area contributed by atoms with E-state index in [1.54, 1.807) is 19.2 Å². The lowest BCUT2D eigenvalue weighted by Crippen LogP contribution is -2.33. The van der Waals surface area contributed by atoms with Gasteiger partial charge in [0.2, 0.25) is 5.91 Å². The number of amides is 2. The van der Waals surface area contributed by atoms with Crippen molar-refractivity contribution in [1.82, 2.24) is 9.80 Å². The van der Waals surface area contributed by atoms with Crippen LogP contribution in [-0.4, -0.2) is 69.1 Å². The summed E-state index contributed by atoms with van der Waals surface area (Å²) in [4.78, 5) is 27.8. The fourth-order valence-electron chi connectivity index (χ4n) is 4.73. The summed E-state index contributed by atoms with van der Waals surface area (Å²) in [6.45, 7) is 1.69. The number of nitrogens with zero attached hydrogens (tertiary/aromatic N) is 2. The number of halogens is 1. The van der Waals surface area contributed by atoms with E-state index < -0.39 is 28.3 Å². The molecule has 0 radical (unpaired) electrons. The minimum Gasteiger partial charge on any atom is -0.488 e. The summed E-state index contributed by atoms with van der Waals surface area (Å²) >= 11 is 0. The third-order valence-corrected chi connectivity index (χ3v) is 9.17. The van der Waals surface area contributed by atoms with Crippen LogP contribution in [0.3, 0.4) is 0 Å². The first-order chi connectivity index (χ1) is 17.5. The van der Waals surface area contributed by atoms with Crippen LogP contribution in [-0.2, 0) is 4.79 Å². The lowest BCUT2D eigenvalue weighted by atomic mass is 9.95. The first-order valence-electron chi connectivity index (χ1n) is 12.1. The average Bonchev–Trinajstić information content (AvgIpc) is 3.24. The van der Waals surface area contributed by atoms with E-state index in [4.69, 9.17) is 10.5 Å². The molecule has 2 aliphatic heterocycles. The molecular weight excluding hydrogens is 499 g/mol. The predicted octanol–water partition coefficient (Wildman–Crippen LogP) is 3.76. The number of aliphatic hydroxyl groups is 1. The molecule has 0 spiro atoms. The maximum Gasteiger partial charge on any atom is 0.415 e. The van der Waals surface area contributed by atoms with Crippen LogP contribution in [0, 0.1) is 5.82 Å². The van der Waals surface area contributed by atoms with Crippen molar-refractivity contribution in [3.05, 3.63) is 58.2 Å². The fourth-order valence-corrected chi connectivity index (χ4v) is 7.08. The lowest BCUT2D eigenvalue weighted by Gasteiger charge is -2.33. The summed E-state index contributed by atoms with van der Waals surface area (Å²) in [6.07, 6.45) is 4.56. The summed E-state index contributed by atoms with van der Waals surface area (Å²) in [5.41, 5.74) is 7.82. The van der Waals surface area contributed by atoms with Crippen LogP contribution < -0.4 is 15.8 Å². The zero-order chi connectivity index (χ0) is 26.9. The lowest BCUT2D eigenvalue weighted by molar-refractivity contribution is -0.118. The number of nitrogens with two attached hydrogens (primary N) is 1. The number of primary amides is 1. The first kappa shape index (κ1) is 26.9. The SMILES string of the molecule is CC1=C(Nc2ccc(F)cc2OC2CCC(O)CC2)C2=CC=S(C(CC(N)=O)N(C)C)C2=CN1C(=O)O. The molecular formula is C26H33FN4O5S. The Morgan fingerprint density at radius 1 is 1.30 bits per heavy atom. The smallest absolute Gasteiger partial charge is 0.415 e. The van der Waals surface area contributed by atoms with Crippen molar-refractivity contribution in [2.24, 2.45) is 5.73 Å². The Hall–Kier alpha value is -3.15. The molecule has 1 saturated carbocycles. The van der Waals surface area contributed by atoms with E-state index in [1.807, 2.05) is 30.4 Å². The number of hydrogen-bond donors (Lipinski definition) is 4. The summed E-state index contributed by atoms with van der Waals surface area (Å²) in [6, 6.07) is 4.20.